The van der Waals surface area contributed by atoms with Crippen LogP contribution in [0.3, 0.4) is 0 Å². The highest BCUT2D eigenvalue weighted by Gasteiger charge is 2.15. The van der Waals surface area contributed by atoms with E-state index in [4.69, 9.17) is 4.74 Å². The molecule has 0 aliphatic rings. The lowest BCUT2D eigenvalue weighted by atomic mass is 9.99. The van der Waals surface area contributed by atoms with E-state index in [0.29, 0.717) is 6.61 Å². The fraction of sp³-hybridized carbons (Fsp3) is 0.750. The minimum Gasteiger partial charge on any atom is -0.377 e. The smallest absolute Gasteiger partial charge is 0.0645 e. The summed E-state index contributed by atoms with van der Waals surface area (Å²) in [6, 6.07) is 0. The van der Waals surface area contributed by atoms with Crippen LogP contribution >= 0.6 is 15.9 Å². The van der Waals surface area contributed by atoms with Gasteiger partial charge >= 0.3 is 0 Å². The second kappa shape index (κ2) is 4.91. The molecule has 0 heterocycles. The van der Waals surface area contributed by atoms with Crippen molar-refractivity contribution in [2.24, 2.45) is 5.41 Å². The van der Waals surface area contributed by atoms with Gasteiger partial charge in [-0.15, -0.1) is 6.58 Å². The zero-order valence-electron chi connectivity index (χ0n) is 6.69. The molecular formula is C8H15BrO. The van der Waals surface area contributed by atoms with Crippen LogP contribution in [0.2, 0.25) is 0 Å². The van der Waals surface area contributed by atoms with Crippen LogP contribution in [-0.4, -0.2) is 18.5 Å². The van der Waals surface area contributed by atoms with Gasteiger partial charge in [-0.2, -0.15) is 0 Å². The van der Waals surface area contributed by atoms with Crippen molar-refractivity contribution in [3.05, 3.63) is 12.7 Å². The zero-order chi connectivity index (χ0) is 8.04. The van der Waals surface area contributed by atoms with Crippen LogP contribution < -0.4 is 0 Å². The number of hydrogen-bond donors (Lipinski definition) is 0. The minimum absolute atomic E-state index is 0.239. The van der Waals surface area contributed by atoms with Crippen molar-refractivity contribution in [2.45, 2.75) is 13.8 Å². The second-order valence-electron chi connectivity index (χ2n) is 3.10. The fourth-order valence-corrected chi connectivity index (χ4v) is 0.619. The maximum absolute atomic E-state index is 5.29. The lowest BCUT2D eigenvalue weighted by Gasteiger charge is -2.20. The summed E-state index contributed by atoms with van der Waals surface area (Å²) in [6.45, 7) is 9.32. The number of rotatable bonds is 5. The highest BCUT2D eigenvalue weighted by Crippen LogP contribution is 2.17. The van der Waals surface area contributed by atoms with Crippen molar-refractivity contribution in [3.8, 4) is 0 Å². The Morgan fingerprint density at radius 3 is 2.60 bits per heavy atom. The largest absolute Gasteiger partial charge is 0.377 e. The number of alkyl halides is 1. The predicted molar refractivity (Wildman–Crippen MR) is 48.6 cm³/mol. The van der Waals surface area contributed by atoms with E-state index < -0.39 is 0 Å². The van der Waals surface area contributed by atoms with Crippen LogP contribution in [0.25, 0.3) is 0 Å². The average molecular weight is 207 g/mol. The monoisotopic (exact) mass is 206 g/mol. The first-order valence-corrected chi connectivity index (χ1v) is 4.49. The highest BCUT2D eigenvalue weighted by molar-refractivity contribution is 9.09. The van der Waals surface area contributed by atoms with E-state index in [0.717, 1.165) is 11.9 Å². The van der Waals surface area contributed by atoms with Crippen molar-refractivity contribution in [3.63, 3.8) is 0 Å². The third kappa shape index (κ3) is 5.00. The third-order valence-electron chi connectivity index (χ3n) is 1.09. The van der Waals surface area contributed by atoms with Crippen LogP contribution in [0.4, 0.5) is 0 Å². The summed E-state index contributed by atoms with van der Waals surface area (Å²) >= 11 is 3.42. The van der Waals surface area contributed by atoms with E-state index in [1.54, 1.807) is 6.08 Å². The molecule has 0 saturated heterocycles. The van der Waals surface area contributed by atoms with Crippen molar-refractivity contribution < 1.29 is 4.74 Å². The van der Waals surface area contributed by atoms with E-state index in [-0.39, 0.29) is 5.41 Å². The SMILES string of the molecule is C=CCOCC(C)(C)CBr. The van der Waals surface area contributed by atoms with Gasteiger partial charge in [-0.3, -0.25) is 0 Å². The van der Waals surface area contributed by atoms with Gasteiger partial charge in [0, 0.05) is 5.33 Å². The fourth-order valence-electron chi connectivity index (χ4n) is 0.457. The van der Waals surface area contributed by atoms with Crippen LogP contribution in [0, 0.1) is 5.41 Å². The van der Waals surface area contributed by atoms with Gasteiger partial charge in [-0.25, -0.2) is 0 Å². The Labute approximate surface area is 71.6 Å². The molecule has 0 aromatic carbocycles. The standard InChI is InChI=1S/C8H15BrO/c1-4-5-10-7-8(2,3)6-9/h4H,1,5-7H2,2-3H3. The quantitative estimate of drug-likeness (QED) is 0.382. The van der Waals surface area contributed by atoms with E-state index in [1.807, 2.05) is 0 Å². The van der Waals surface area contributed by atoms with Crippen molar-refractivity contribution in [2.75, 3.05) is 18.5 Å². The second-order valence-corrected chi connectivity index (χ2v) is 3.66. The molecule has 0 aliphatic carbocycles. The van der Waals surface area contributed by atoms with Gasteiger partial charge in [-0.05, 0) is 5.41 Å². The summed E-state index contributed by atoms with van der Waals surface area (Å²) in [5, 5.41) is 0.969. The molecule has 0 aromatic rings. The molecule has 0 amide bonds. The van der Waals surface area contributed by atoms with Crippen LogP contribution in [0.5, 0.6) is 0 Å². The normalized spacial score (nSPS) is 11.5. The van der Waals surface area contributed by atoms with Gasteiger partial charge in [-0.1, -0.05) is 35.9 Å². The Bertz CT molecular complexity index is 99.4. The van der Waals surface area contributed by atoms with E-state index in [1.165, 1.54) is 0 Å². The topological polar surface area (TPSA) is 9.23 Å². The van der Waals surface area contributed by atoms with Gasteiger partial charge in [0.05, 0.1) is 13.2 Å². The summed E-state index contributed by atoms with van der Waals surface area (Å²) in [4.78, 5) is 0. The van der Waals surface area contributed by atoms with Crippen LogP contribution in [0.1, 0.15) is 13.8 Å². The van der Waals surface area contributed by atoms with Gasteiger partial charge < -0.3 is 4.74 Å². The summed E-state index contributed by atoms with van der Waals surface area (Å²) in [5.74, 6) is 0. The van der Waals surface area contributed by atoms with Gasteiger partial charge in [0.2, 0.25) is 0 Å². The van der Waals surface area contributed by atoms with Crippen molar-refractivity contribution in [1.82, 2.24) is 0 Å². The lowest BCUT2D eigenvalue weighted by Crippen LogP contribution is -2.20. The predicted octanol–water partition coefficient (Wildman–Crippen LogP) is 2.61. The molecule has 0 unspecified atom stereocenters. The van der Waals surface area contributed by atoms with E-state index >= 15 is 0 Å². The molecule has 0 N–H and O–H groups in total. The first kappa shape index (κ1) is 10.2. The Morgan fingerprint density at radius 1 is 1.60 bits per heavy atom. The molecule has 0 atom stereocenters. The van der Waals surface area contributed by atoms with Gasteiger partial charge in [0.1, 0.15) is 0 Å². The average Bonchev–Trinajstić information content (AvgIpc) is 1.89. The zero-order valence-corrected chi connectivity index (χ0v) is 8.28. The maximum atomic E-state index is 5.29. The molecule has 0 rings (SSSR count). The molecule has 0 aliphatic heterocycles. The Morgan fingerprint density at radius 2 is 2.20 bits per heavy atom. The van der Waals surface area contributed by atoms with Crippen LogP contribution in [-0.2, 0) is 4.74 Å². The minimum atomic E-state index is 0.239. The van der Waals surface area contributed by atoms with Crippen molar-refractivity contribution in [1.29, 1.82) is 0 Å². The highest BCUT2D eigenvalue weighted by atomic mass is 79.9. The van der Waals surface area contributed by atoms with E-state index in [9.17, 15) is 0 Å². The van der Waals surface area contributed by atoms with Crippen LogP contribution in [0.15, 0.2) is 12.7 Å². The number of hydrogen-bond acceptors (Lipinski definition) is 1. The molecule has 0 radical (unpaired) electrons. The summed E-state index contributed by atoms with van der Waals surface area (Å²) < 4.78 is 5.29. The summed E-state index contributed by atoms with van der Waals surface area (Å²) in [7, 11) is 0. The molecule has 0 aromatic heterocycles. The molecule has 0 spiro atoms. The Kier molecular flexibility index (Phi) is 5.00. The Hall–Kier alpha value is 0.180. The number of halogens is 1. The summed E-state index contributed by atoms with van der Waals surface area (Å²) in [5.41, 5.74) is 0.239. The molecule has 0 bridgehead atoms. The number of ether oxygens (including phenoxy) is 1. The molecular weight excluding hydrogens is 192 g/mol. The van der Waals surface area contributed by atoms with Gasteiger partial charge in [0.25, 0.3) is 0 Å². The first-order chi connectivity index (χ1) is 4.62. The maximum Gasteiger partial charge on any atom is 0.0645 e. The molecule has 1 nitrogen and oxygen atoms in total. The van der Waals surface area contributed by atoms with Gasteiger partial charge in [0.15, 0.2) is 0 Å². The molecule has 60 valence electrons. The van der Waals surface area contributed by atoms with E-state index in [2.05, 4.69) is 36.4 Å². The first-order valence-electron chi connectivity index (χ1n) is 3.37. The third-order valence-corrected chi connectivity index (χ3v) is 2.61. The summed E-state index contributed by atoms with van der Waals surface area (Å²) in [6.07, 6.45) is 1.77. The van der Waals surface area contributed by atoms with Crippen molar-refractivity contribution >= 4 is 15.9 Å². The molecule has 0 saturated carbocycles. The molecule has 10 heavy (non-hydrogen) atoms. The Balaban J connectivity index is 3.36. The molecule has 2 heteroatoms. The molecule has 0 fully saturated rings. The lowest BCUT2D eigenvalue weighted by molar-refractivity contribution is 0.0941.